The van der Waals surface area contributed by atoms with Crippen molar-refractivity contribution in [2.75, 3.05) is 7.11 Å². The lowest BCUT2D eigenvalue weighted by atomic mass is 10.1. The van der Waals surface area contributed by atoms with Gasteiger partial charge in [0, 0.05) is 10.0 Å². The van der Waals surface area contributed by atoms with Crippen molar-refractivity contribution in [1.82, 2.24) is 5.32 Å². The van der Waals surface area contributed by atoms with Gasteiger partial charge in [-0.1, -0.05) is 33.6 Å². The number of halogens is 1. The lowest BCUT2D eigenvalue weighted by Gasteiger charge is -2.15. The number of carbonyl (C=O) groups excluding carboxylic acids is 2. The highest BCUT2D eigenvalue weighted by Crippen LogP contribution is 2.12. The number of allylic oxidation sites excluding steroid dienone is 1. The monoisotopic (exact) mass is 339 g/mol. The van der Waals surface area contributed by atoms with Crippen molar-refractivity contribution in [2.24, 2.45) is 0 Å². The number of esters is 1. The second-order valence-electron chi connectivity index (χ2n) is 4.58. The molecule has 0 heterocycles. The van der Waals surface area contributed by atoms with Gasteiger partial charge in [-0.25, -0.2) is 4.79 Å². The van der Waals surface area contributed by atoms with Gasteiger partial charge in [0.2, 0.25) is 0 Å². The molecule has 0 saturated heterocycles. The van der Waals surface area contributed by atoms with E-state index >= 15 is 0 Å². The van der Waals surface area contributed by atoms with Gasteiger partial charge in [-0.15, -0.1) is 0 Å². The Balaban J connectivity index is 2.81. The summed E-state index contributed by atoms with van der Waals surface area (Å²) < 4.78 is 5.52. The molecule has 0 saturated carbocycles. The van der Waals surface area contributed by atoms with Gasteiger partial charge in [0.15, 0.2) is 0 Å². The second-order valence-corrected chi connectivity index (χ2v) is 5.49. The first-order valence-corrected chi connectivity index (χ1v) is 7.01. The van der Waals surface area contributed by atoms with Crippen LogP contribution in [-0.2, 0) is 9.53 Å². The fourth-order valence-electron chi connectivity index (χ4n) is 1.58. The van der Waals surface area contributed by atoms with Crippen molar-refractivity contribution < 1.29 is 14.3 Å². The van der Waals surface area contributed by atoms with Crippen molar-refractivity contribution in [3.8, 4) is 0 Å². The van der Waals surface area contributed by atoms with E-state index in [0.717, 1.165) is 10.0 Å². The molecule has 1 atom stereocenters. The maximum atomic E-state index is 12.1. The zero-order chi connectivity index (χ0) is 15.1. The van der Waals surface area contributed by atoms with E-state index in [1.807, 2.05) is 26.0 Å². The molecule has 0 aliphatic rings. The number of methoxy groups -OCH3 is 1. The number of benzene rings is 1. The maximum Gasteiger partial charge on any atom is 0.328 e. The Labute approximate surface area is 127 Å². The SMILES string of the molecule is COC(=O)[C@@H](CC=C(C)C)NC(=O)c1cccc(Br)c1. The van der Waals surface area contributed by atoms with Crippen molar-refractivity contribution in [1.29, 1.82) is 0 Å². The number of carbonyl (C=O) groups is 2. The fourth-order valence-corrected chi connectivity index (χ4v) is 1.98. The van der Waals surface area contributed by atoms with Crippen LogP contribution in [0.25, 0.3) is 0 Å². The van der Waals surface area contributed by atoms with Crippen LogP contribution in [0.2, 0.25) is 0 Å². The highest BCUT2D eigenvalue weighted by atomic mass is 79.9. The minimum atomic E-state index is -0.679. The standard InChI is InChI=1S/C15H18BrNO3/c1-10(2)7-8-13(15(19)20-3)17-14(18)11-5-4-6-12(16)9-11/h4-7,9,13H,8H2,1-3H3,(H,17,18)/t13-/m1/s1. The Bertz CT molecular complexity index is 522. The summed E-state index contributed by atoms with van der Waals surface area (Å²) in [6.07, 6.45) is 2.30. The Morgan fingerprint density at radius 3 is 2.65 bits per heavy atom. The molecule has 0 spiro atoms. The van der Waals surface area contributed by atoms with Crippen LogP contribution in [0.1, 0.15) is 30.6 Å². The zero-order valence-corrected chi connectivity index (χ0v) is 13.4. The molecule has 4 nitrogen and oxygen atoms in total. The molecule has 0 bridgehead atoms. The lowest BCUT2D eigenvalue weighted by Crippen LogP contribution is -2.41. The third kappa shape index (κ3) is 5.17. The summed E-state index contributed by atoms with van der Waals surface area (Å²) in [6.45, 7) is 3.87. The van der Waals surface area contributed by atoms with Crippen LogP contribution in [-0.4, -0.2) is 25.0 Å². The molecule has 0 aliphatic carbocycles. The van der Waals surface area contributed by atoms with Gasteiger partial charge in [0.25, 0.3) is 5.91 Å². The lowest BCUT2D eigenvalue weighted by molar-refractivity contribution is -0.142. The van der Waals surface area contributed by atoms with E-state index < -0.39 is 12.0 Å². The van der Waals surface area contributed by atoms with Crippen molar-refractivity contribution in [3.63, 3.8) is 0 Å². The minimum absolute atomic E-state index is 0.302. The minimum Gasteiger partial charge on any atom is -0.467 e. The summed E-state index contributed by atoms with van der Waals surface area (Å²) in [5.74, 6) is -0.755. The maximum absolute atomic E-state index is 12.1. The quantitative estimate of drug-likeness (QED) is 0.662. The summed E-state index contributed by atoms with van der Waals surface area (Å²) >= 11 is 3.31. The van der Waals surface area contributed by atoms with Crippen molar-refractivity contribution in [3.05, 3.63) is 46.0 Å². The first-order chi connectivity index (χ1) is 9.43. The normalized spacial score (nSPS) is 11.4. The van der Waals surface area contributed by atoms with E-state index in [4.69, 9.17) is 4.74 Å². The number of hydrogen-bond donors (Lipinski definition) is 1. The van der Waals surface area contributed by atoms with E-state index in [0.29, 0.717) is 12.0 Å². The molecular weight excluding hydrogens is 322 g/mol. The van der Waals surface area contributed by atoms with E-state index in [9.17, 15) is 9.59 Å². The number of hydrogen-bond acceptors (Lipinski definition) is 3. The van der Waals surface area contributed by atoms with Crippen LogP contribution < -0.4 is 5.32 Å². The molecule has 20 heavy (non-hydrogen) atoms. The average Bonchev–Trinajstić information content (AvgIpc) is 2.42. The van der Waals surface area contributed by atoms with Crippen LogP contribution in [0.3, 0.4) is 0 Å². The Kier molecular flexibility index (Phi) is 6.45. The van der Waals surface area contributed by atoms with Crippen molar-refractivity contribution >= 4 is 27.8 Å². The molecule has 0 fully saturated rings. The largest absolute Gasteiger partial charge is 0.467 e. The zero-order valence-electron chi connectivity index (χ0n) is 11.8. The van der Waals surface area contributed by atoms with E-state index in [2.05, 4.69) is 21.2 Å². The first kappa shape index (κ1) is 16.4. The first-order valence-electron chi connectivity index (χ1n) is 6.21. The molecule has 1 aromatic carbocycles. The molecule has 5 heteroatoms. The Morgan fingerprint density at radius 1 is 1.40 bits per heavy atom. The summed E-state index contributed by atoms with van der Waals surface area (Å²) in [7, 11) is 1.31. The molecule has 1 N–H and O–H groups in total. The average molecular weight is 340 g/mol. The smallest absolute Gasteiger partial charge is 0.328 e. The second kappa shape index (κ2) is 7.85. The predicted octanol–water partition coefficient (Wildman–Crippen LogP) is 3.08. The fraction of sp³-hybridized carbons (Fsp3) is 0.333. The third-order valence-corrected chi connectivity index (χ3v) is 3.13. The number of rotatable bonds is 5. The summed E-state index contributed by atoms with van der Waals surface area (Å²) in [5, 5.41) is 2.69. The van der Waals surface area contributed by atoms with E-state index in [1.165, 1.54) is 7.11 Å². The van der Waals surface area contributed by atoms with Gasteiger partial charge >= 0.3 is 5.97 Å². The molecule has 0 aliphatic heterocycles. The van der Waals surface area contributed by atoms with Crippen LogP contribution >= 0.6 is 15.9 Å². The summed E-state index contributed by atoms with van der Waals surface area (Å²) in [6, 6.07) is 6.31. The Morgan fingerprint density at radius 2 is 2.10 bits per heavy atom. The summed E-state index contributed by atoms with van der Waals surface area (Å²) in [5.41, 5.74) is 1.57. The van der Waals surface area contributed by atoms with Gasteiger partial charge in [-0.3, -0.25) is 4.79 Å². The third-order valence-electron chi connectivity index (χ3n) is 2.64. The van der Waals surface area contributed by atoms with Crippen LogP contribution in [0.5, 0.6) is 0 Å². The summed E-state index contributed by atoms with van der Waals surface area (Å²) in [4.78, 5) is 23.8. The molecule has 1 aromatic rings. The van der Waals surface area contributed by atoms with E-state index in [-0.39, 0.29) is 5.91 Å². The van der Waals surface area contributed by atoms with E-state index in [1.54, 1.807) is 18.2 Å². The molecular formula is C15H18BrNO3. The Hall–Kier alpha value is -1.62. The number of ether oxygens (including phenoxy) is 1. The topological polar surface area (TPSA) is 55.4 Å². The number of amides is 1. The van der Waals surface area contributed by atoms with Crippen LogP contribution in [0.4, 0.5) is 0 Å². The molecule has 0 unspecified atom stereocenters. The van der Waals surface area contributed by atoms with Gasteiger partial charge in [0.1, 0.15) is 6.04 Å². The van der Waals surface area contributed by atoms with Gasteiger partial charge < -0.3 is 10.1 Å². The van der Waals surface area contributed by atoms with Gasteiger partial charge in [-0.05, 0) is 38.5 Å². The van der Waals surface area contributed by atoms with Crippen LogP contribution in [0.15, 0.2) is 40.4 Å². The molecule has 0 aromatic heterocycles. The van der Waals surface area contributed by atoms with Crippen LogP contribution in [0, 0.1) is 0 Å². The molecule has 1 amide bonds. The molecule has 1 rings (SSSR count). The number of nitrogens with one attached hydrogen (secondary N) is 1. The highest BCUT2D eigenvalue weighted by Gasteiger charge is 2.21. The molecule has 0 radical (unpaired) electrons. The predicted molar refractivity (Wildman–Crippen MR) is 81.5 cm³/mol. The van der Waals surface area contributed by atoms with Gasteiger partial charge in [-0.2, -0.15) is 0 Å². The van der Waals surface area contributed by atoms with Crippen molar-refractivity contribution in [2.45, 2.75) is 26.3 Å². The highest BCUT2D eigenvalue weighted by molar-refractivity contribution is 9.10. The van der Waals surface area contributed by atoms with Gasteiger partial charge in [0.05, 0.1) is 7.11 Å². The molecule has 108 valence electrons.